The Morgan fingerprint density at radius 3 is 2.11 bits per heavy atom. The van der Waals surface area contributed by atoms with Gasteiger partial charge in [0.1, 0.15) is 0 Å². The Morgan fingerprint density at radius 2 is 1.32 bits per heavy atom. The van der Waals surface area contributed by atoms with E-state index in [-0.39, 0.29) is 0 Å². The van der Waals surface area contributed by atoms with E-state index in [0.717, 1.165) is 38.3 Å². The van der Waals surface area contributed by atoms with Gasteiger partial charge in [-0.3, -0.25) is 9.97 Å². The van der Waals surface area contributed by atoms with Gasteiger partial charge in [-0.15, -0.1) is 0 Å². The van der Waals surface area contributed by atoms with Gasteiger partial charge in [-0.05, 0) is 23.6 Å². The number of nitrogen functional groups attached to an aromatic ring is 1. The van der Waals surface area contributed by atoms with Crippen molar-refractivity contribution in [1.82, 2.24) is 9.97 Å². The van der Waals surface area contributed by atoms with Gasteiger partial charge in [0.25, 0.3) is 0 Å². The number of fused-ring (bicyclic) bond motifs is 6. The summed E-state index contributed by atoms with van der Waals surface area (Å²) in [5, 5.41) is 4.34. The Labute approximate surface area is 109 Å². The Hall–Kier alpha value is -2.68. The average molecular weight is 245 g/mol. The van der Waals surface area contributed by atoms with E-state index in [9.17, 15) is 0 Å². The predicted molar refractivity (Wildman–Crippen MR) is 79.0 cm³/mol. The highest BCUT2D eigenvalue weighted by atomic mass is 14.7. The zero-order chi connectivity index (χ0) is 12.8. The minimum Gasteiger partial charge on any atom is -0.398 e. The van der Waals surface area contributed by atoms with E-state index in [1.807, 2.05) is 24.3 Å². The third-order valence-electron chi connectivity index (χ3n) is 3.50. The first-order chi connectivity index (χ1) is 9.36. The maximum Gasteiger partial charge on any atom is 0.0971 e. The van der Waals surface area contributed by atoms with E-state index in [4.69, 9.17) is 5.73 Å². The lowest BCUT2D eigenvalue weighted by Crippen LogP contribution is -1.92. The summed E-state index contributed by atoms with van der Waals surface area (Å²) >= 11 is 0. The van der Waals surface area contributed by atoms with E-state index in [2.05, 4.69) is 28.2 Å². The molecule has 4 rings (SSSR count). The quantitative estimate of drug-likeness (QED) is 0.381. The number of benzene rings is 2. The highest BCUT2D eigenvalue weighted by Gasteiger charge is 2.11. The lowest BCUT2D eigenvalue weighted by molar-refractivity contribution is 1.38. The molecule has 0 aliphatic heterocycles. The SMILES string of the molecule is Nc1cccc2c3cccnc3c3ncccc3c12. The molecule has 4 aromatic rings. The molecule has 0 aliphatic carbocycles. The number of pyridine rings is 2. The summed E-state index contributed by atoms with van der Waals surface area (Å²) in [6.07, 6.45) is 3.59. The second-order valence-corrected chi connectivity index (χ2v) is 4.57. The van der Waals surface area contributed by atoms with Gasteiger partial charge in [-0.2, -0.15) is 0 Å². The standard InChI is InChI=1S/C16H11N3/c17-13-7-1-4-10-11-5-2-8-18-15(11)16-12(14(10)13)6-3-9-19-16/h1-9H,17H2. The Bertz CT molecular complexity index is 884. The smallest absolute Gasteiger partial charge is 0.0971 e. The second kappa shape index (κ2) is 3.65. The fourth-order valence-electron chi connectivity index (χ4n) is 2.70. The number of nitrogens with zero attached hydrogens (tertiary/aromatic N) is 2. The molecule has 2 aromatic carbocycles. The van der Waals surface area contributed by atoms with Crippen molar-refractivity contribution in [2.24, 2.45) is 0 Å². The van der Waals surface area contributed by atoms with Gasteiger partial charge in [-0.1, -0.05) is 24.3 Å². The molecule has 0 aliphatic rings. The van der Waals surface area contributed by atoms with E-state index in [1.165, 1.54) is 0 Å². The van der Waals surface area contributed by atoms with Gasteiger partial charge in [0, 0.05) is 34.2 Å². The Kier molecular flexibility index (Phi) is 1.97. The van der Waals surface area contributed by atoms with Crippen LogP contribution in [-0.4, -0.2) is 9.97 Å². The largest absolute Gasteiger partial charge is 0.398 e. The summed E-state index contributed by atoms with van der Waals surface area (Å²) in [6, 6.07) is 14.0. The Balaban J connectivity index is 2.48. The van der Waals surface area contributed by atoms with Crippen molar-refractivity contribution in [2.45, 2.75) is 0 Å². The van der Waals surface area contributed by atoms with E-state index in [0.29, 0.717) is 0 Å². The number of aromatic nitrogens is 2. The molecule has 0 atom stereocenters. The van der Waals surface area contributed by atoms with Gasteiger partial charge in [0.2, 0.25) is 0 Å². The second-order valence-electron chi connectivity index (χ2n) is 4.57. The topological polar surface area (TPSA) is 51.8 Å². The molecule has 2 aromatic heterocycles. The zero-order valence-electron chi connectivity index (χ0n) is 10.2. The van der Waals surface area contributed by atoms with E-state index in [1.54, 1.807) is 12.4 Å². The summed E-state index contributed by atoms with van der Waals surface area (Å²) in [5.74, 6) is 0. The molecule has 19 heavy (non-hydrogen) atoms. The summed E-state index contributed by atoms with van der Waals surface area (Å²) in [5.41, 5.74) is 8.78. The number of rotatable bonds is 0. The van der Waals surface area contributed by atoms with Crippen LogP contribution in [0, 0.1) is 0 Å². The van der Waals surface area contributed by atoms with Crippen molar-refractivity contribution in [1.29, 1.82) is 0 Å². The van der Waals surface area contributed by atoms with Crippen LogP contribution in [0.25, 0.3) is 32.6 Å². The van der Waals surface area contributed by atoms with Gasteiger partial charge in [-0.25, -0.2) is 0 Å². The number of anilines is 1. The zero-order valence-corrected chi connectivity index (χ0v) is 10.2. The number of hydrogen-bond donors (Lipinski definition) is 1. The molecule has 3 nitrogen and oxygen atoms in total. The first-order valence-electron chi connectivity index (χ1n) is 6.16. The maximum absolute atomic E-state index is 6.17. The summed E-state index contributed by atoms with van der Waals surface area (Å²) in [6.45, 7) is 0. The summed E-state index contributed by atoms with van der Waals surface area (Å²) in [7, 11) is 0. The van der Waals surface area contributed by atoms with Crippen LogP contribution in [0.3, 0.4) is 0 Å². The van der Waals surface area contributed by atoms with Gasteiger partial charge < -0.3 is 5.73 Å². The molecule has 3 heteroatoms. The van der Waals surface area contributed by atoms with Crippen molar-refractivity contribution in [3.63, 3.8) is 0 Å². The molecule has 0 saturated carbocycles. The molecular weight excluding hydrogens is 234 g/mol. The molecule has 2 heterocycles. The lowest BCUT2D eigenvalue weighted by atomic mass is 9.99. The van der Waals surface area contributed by atoms with Crippen LogP contribution >= 0.6 is 0 Å². The van der Waals surface area contributed by atoms with Gasteiger partial charge in [0.05, 0.1) is 11.0 Å². The third-order valence-corrected chi connectivity index (χ3v) is 3.50. The van der Waals surface area contributed by atoms with Gasteiger partial charge in [0.15, 0.2) is 0 Å². The normalized spacial score (nSPS) is 11.4. The van der Waals surface area contributed by atoms with Crippen molar-refractivity contribution in [2.75, 3.05) is 5.73 Å². The highest BCUT2D eigenvalue weighted by molar-refractivity contribution is 6.25. The molecule has 2 N–H and O–H groups in total. The predicted octanol–water partition coefficient (Wildman–Crippen LogP) is 3.52. The molecular formula is C16H11N3. The van der Waals surface area contributed by atoms with Crippen LogP contribution in [0.15, 0.2) is 54.9 Å². The van der Waals surface area contributed by atoms with Crippen molar-refractivity contribution in [3.05, 3.63) is 54.9 Å². The van der Waals surface area contributed by atoms with Gasteiger partial charge >= 0.3 is 0 Å². The summed E-state index contributed by atoms with van der Waals surface area (Å²) < 4.78 is 0. The number of hydrogen-bond acceptors (Lipinski definition) is 3. The van der Waals surface area contributed by atoms with Crippen molar-refractivity contribution in [3.8, 4) is 0 Å². The first kappa shape index (κ1) is 10.3. The lowest BCUT2D eigenvalue weighted by Gasteiger charge is -2.10. The van der Waals surface area contributed by atoms with Crippen LogP contribution in [0.4, 0.5) is 5.69 Å². The fraction of sp³-hybridized carbons (Fsp3) is 0. The highest BCUT2D eigenvalue weighted by Crippen LogP contribution is 2.35. The molecule has 0 bridgehead atoms. The van der Waals surface area contributed by atoms with E-state index < -0.39 is 0 Å². The number of nitrogens with two attached hydrogens (primary N) is 1. The molecule has 0 radical (unpaired) electrons. The molecule has 0 unspecified atom stereocenters. The molecule has 90 valence electrons. The molecule has 0 spiro atoms. The third kappa shape index (κ3) is 1.32. The minimum absolute atomic E-state index is 0.779. The first-order valence-corrected chi connectivity index (χ1v) is 6.16. The fourth-order valence-corrected chi connectivity index (χ4v) is 2.70. The summed E-state index contributed by atoms with van der Waals surface area (Å²) in [4.78, 5) is 8.97. The minimum atomic E-state index is 0.779. The van der Waals surface area contributed by atoms with Crippen LogP contribution in [0.5, 0.6) is 0 Å². The van der Waals surface area contributed by atoms with E-state index >= 15 is 0 Å². The van der Waals surface area contributed by atoms with Crippen LogP contribution in [0.1, 0.15) is 0 Å². The van der Waals surface area contributed by atoms with Crippen LogP contribution in [0.2, 0.25) is 0 Å². The van der Waals surface area contributed by atoms with Crippen molar-refractivity contribution < 1.29 is 0 Å². The monoisotopic (exact) mass is 245 g/mol. The van der Waals surface area contributed by atoms with Crippen LogP contribution in [-0.2, 0) is 0 Å². The van der Waals surface area contributed by atoms with Crippen molar-refractivity contribution >= 4 is 38.3 Å². The average Bonchev–Trinajstić information content (AvgIpc) is 2.47. The molecule has 0 fully saturated rings. The Morgan fingerprint density at radius 1 is 0.684 bits per heavy atom. The van der Waals surface area contributed by atoms with Crippen LogP contribution < -0.4 is 5.73 Å². The molecule has 0 saturated heterocycles. The molecule has 0 amide bonds. The maximum atomic E-state index is 6.17.